The van der Waals surface area contributed by atoms with E-state index < -0.39 is 0 Å². The van der Waals surface area contributed by atoms with E-state index in [-0.39, 0.29) is 11.8 Å². The molecule has 1 fully saturated rings. The fourth-order valence-corrected chi connectivity index (χ4v) is 4.23. The number of aryl methyl sites for hydroxylation is 2. The van der Waals surface area contributed by atoms with Crippen LogP contribution in [0.5, 0.6) is 0 Å². The van der Waals surface area contributed by atoms with Crippen LogP contribution in [0.2, 0.25) is 0 Å². The van der Waals surface area contributed by atoms with Crippen LogP contribution in [0.25, 0.3) is 11.3 Å². The first-order chi connectivity index (χ1) is 15.6. The average Bonchev–Trinajstić information content (AvgIpc) is 2.84. The van der Waals surface area contributed by atoms with Crippen LogP contribution in [0.1, 0.15) is 43.7 Å². The van der Waals surface area contributed by atoms with Crippen molar-refractivity contribution in [1.29, 1.82) is 0 Å². The van der Waals surface area contributed by atoms with E-state index in [2.05, 4.69) is 58.5 Å². The second kappa shape index (κ2) is 10.4. The largest absolute Gasteiger partial charge is 0.354 e. The third-order valence-electron chi connectivity index (χ3n) is 6.12. The molecule has 1 aliphatic heterocycles. The fourth-order valence-electron chi connectivity index (χ4n) is 4.23. The van der Waals surface area contributed by atoms with E-state index in [1.54, 1.807) is 0 Å². The molecule has 5 heteroatoms. The Kier molecular flexibility index (Phi) is 7.15. The average molecular weight is 429 g/mol. The first-order valence-electron chi connectivity index (χ1n) is 11.7. The van der Waals surface area contributed by atoms with Crippen LogP contribution < -0.4 is 10.2 Å². The van der Waals surface area contributed by atoms with E-state index in [1.165, 1.54) is 24.0 Å². The molecule has 1 amide bonds. The predicted octanol–water partition coefficient (Wildman–Crippen LogP) is 5.65. The molecule has 0 bridgehead atoms. The number of carbonyl (C=O) groups is 1. The Morgan fingerprint density at radius 1 is 1.09 bits per heavy atom. The minimum absolute atomic E-state index is 0.0539. The van der Waals surface area contributed by atoms with E-state index in [1.807, 2.05) is 36.4 Å². The van der Waals surface area contributed by atoms with E-state index in [4.69, 9.17) is 0 Å². The lowest BCUT2D eigenvalue weighted by atomic mass is 9.97. The van der Waals surface area contributed by atoms with Gasteiger partial charge >= 0.3 is 0 Å². The Labute approximate surface area is 190 Å². The zero-order valence-corrected chi connectivity index (χ0v) is 19.1. The molecule has 1 aliphatic rings. The standard InChI is InChI=1S/C27H32N4O/c1-3-4-8-21-11-13-24(14-12-21)28-27(32)23-10-6-17-31(19-23)26-16-15-25(29-30-26)22-9-5-7-20(2)18-22/h5,7,9,11-16,18,23H,3-4,6,8,10,17,19H2,1-2H3,(H,28,32). The van der Waals surface area contributed by atoms with E-state index in [0.29, 0.717) is 6.54 Å². The smallest absolute Gasteiger partial charge is 0.229 e. The number of nitrogens with one attached hydrogen (secondary N) is 1. The summed E-state index contributed by atoms with van der Waals surface area (Å²) in [5.74, 6) is 0.862. The summed E-state index contributed by atoms with van der Waals surface area (Å²) in [5, 5.41) is 12.0. The van der Waals surface area contributed by atoms with Gasteiger partial charge in [0.2, 0.25) is 5.91 Å². The van der Waals surface area contributed by atoms with Gasteiger partial charge in [-0.1, -0.05) is 49.2 Å². The number of benzene rings is 2. The lowest BCUT2D eigenvalue weighted by Crippen LogP contribution is -2.41. The van der Waals surface area contributed by atoms with Crippen LogP contribution in [0, 0.1) is 12.8 Å². The van der Waals surface area contributed by atoms with Gasteiger partial charge in [0.05, 0.1) is 11.6 Å². The fraction of sp³-hybridized carbons (Fsp3) is 0.370. The Morgan fingerprint density at radius 3 is 2.66 bits per heavy atom. The van der Waals surface area contributed by atoms with Crippen molar-refractivity contribution in [2.45, 2.75) is 46.0 Å². The molecule has 1 aromatic heterocycles. The van der Waals surface area contributed by atoms with Gasteiger partial charge in [0.15, 0.2) is 5.82 Å². The highest BCUT2D eigenvalue weighted by molar-refractivity contribution is 5.93. The van der Waals surface area contributed by atoms with Gasteiger partial charge in [0, 0.05) is 24.3 Å². The Balaban J connectivity index is 1.37. The predicted molar refractivity (Wildman–Crippen MR) is 131 cm³/mol. The van der Waals surface area contributed by atoms with Crippen LogP contribution in [0.15, 0.2) is 60.7 Å². The molecule has 5 nitrogen and oxygen atoms in total. The maximum absolute atomic E-state index is 12.9. The molecule has 1 atom stereocenters. The molecule has 0 radical (unpaired) electrons. The molecular formula is C27H32N4O. The molecule has 2 heterocycles. The lowest BCUT2D eigenvalue weighted by Gasteiger charge is -2.32. The third-order valence-corrected chi connectivity index (χ3v) is 6.12. The van der Waals surface area contributed by atoms with Gasteiger partial charge in [-0.05, 0) is 68.5 Å². The van der Waals surface area contributed by atoms with Crippen molar-refractivity contribution in [2.75, 3.05) is 23.3 Å². The number of rotatable bonds is 7. The maximum atomic E-state index is 12.9. The number of hydrogen-bond acceptors (Lipinski definition) is 4. The number of unbranched alkanes of at least 4 members (excludes halogenated alkanes) is 1. The molecular weight excluding hydrogens is 396 g/mol. The summed E-state index contributed by atoms with van der Waals surface area (Å²) >= 11 is 0. The van der Waals surface area contributed by atoms with Crippen molar-refractivity contribution < 1.29 is 4.79 Å². The van der Waals surface area contributed by atoms with Gasteiger partial charge in [0.1, 0.15) is 0 Å². The zero-order valence-electron chi connectivity index (χ0n) is 19.1. The summed E-state index contributed by atoms with van der Waals surface area (Å²) in [7, 11) is 0. The lowest BCUT2D eigenvalue weighted by molar-refractivity contribution is -0.120. The highest BCUT2D eigenvalue weighted by atomic mass is 16.1. The van der Waals surface area contributed by atoms with Gasteiger partial charge in [-0.25, -0.2) is 0 Å². The molecule has 0 saturated carbocycles. The van der Waals surface area contributed by atoms with Crippen LogP contribution in [0.3, 0.4) is 0 Å². The first-order valence-corrected chi connectivity index (χ1v) is 11.7. The number of aromatic nitrogens is 2. The van der Waals surface area contributed by atoms with Crippen molar-refractivity contribution >= 4 is 17.4 Å². The van der Waals surface area contributed by atoms with Crippen LogP contribution in [-0.2, 0) is 11.2 Å². The molecule has 3 aromatic rings. The number of carbonyl (C=O) groups excluding carboxylic acids is 1. The number of nitrogens with zero attached hydrogens (tertiary/aromatic N) is 3. The normalized spacial score (nSPS) is 16.1. The molecule has 32 heavy (non-hydrogen) atoms. The number of amides is 1. The van der Waals surface area contributed by atoms with E-state index in [9.17, 15) is 4.79 Å². The summed E-state index contributed by atoms with van der Waals surface area (Å²) in [5.41, 5.74) is 5.33. The summed E-state index contributed by atoms with van der Waals surface area (Å²) < 4.78 is 0. The number of piperidine rings is 1. The molecule has 4 rings (SSSR count). The maximum Gasteiger partial charge on any atom is 0.229 e. The minimum Gasteiger partial charge on any atom is -0.354 e. The molecule has 0 aliphatic carbocycles. The molecule has 1 unspecified atom stereocenters. The molecule has 166 valence electrons. The SMILES string of the molecule is CCCCc1ccc(NC(=O)C2CCCN(c3ccc(-c4cccc(C)c4)nn3)C2)cc1. The Bertz CT molecular complexity index is 1030. The third kappa shape index (κ3) is 5.52. The second-order valence-electron chi connectivity index (χ2n) is 8.72. The van der Waals surface area contributed by atoms with E-state index in [0.717, 1.165) is 48.6 Å². The highest BCUT2D eigenvalue weighted by Gasteiger charge is 2.27. The molecule has 1 N–H and O–H groups in total. The van der Waals surface area contributed by atoms with Crippen molar-refractivity contribution in [3.8, 4) is 11.3 Å². The zero-order chi connectivity index (χ0) is 22.3. The van der Waals surface area contributed by atoms with Crippen LogP contribution >= 0.6 is 0 Å². The van der Waals surface area contributed by atoms with Gasteiger partial charge in [-0.3, -0.25) is 4.79 Å². The first kappa shape index (κ1) is 22.0. The summed E-state index contributed by atoms with van der Waals surface area (Å²) in [6.45, 7) is 5.84. The van der Waals surface area contributed by atoms with Crippen molar-refractivity contribution in [2.24, 2.45) is 5.92 Å². The molecule has 1 saturated heterocycles. The van der Waals surface area contributed by atoms with Crippen molar-refractivity contribution in [3.63, 3.8) is 0 Å². The number of anilines is 2. The topological polar surface area (TPSA) is 58.1 Å². The minimum atomic E-state index is -0.0539. The van der Waals surface area contributed by atoms with Crippen molar-refractivity contribution in [1.82, 2.24) is 10.2 Å². The van der Waals surface area contributed by atoms with Gasteiger partial charge in [-0.2, -0.15) is 0 Å². The Hall–Kier alpha value is -3.21. The van der Waals surface area contributed by atoms with Gasteiger partial charge in [-0.15, -0.1) is 10.2 Å². The second-order valence-corrected chi connectivity index (χ2v) is 8.72. The Morgan fingerprint density at radius 2 is 1.94 bits per heavy atom. The highest BCUT2D eigenvalue weighted by Crippen LogP contribution is 2.25. The quantitative estimate of drug-likeness (QED) is 0.528. The van der Waals surface area contributed by atoms with Gasteiger partial charge in [0.25, 0.3) is 0 Å². The van der Waals surface area contributed by atoms with Crippen LogP contribution in [-0.4, -0.2) is 29.2 Å². The summed E-state index contributed by atoms with van der Waals surface area (Å²) in [6.07, 6.45) is 5.33. The van der Waals surface area contributed by atoms with E-state index >= 15 is 0 Å². The van der Waals surface area contributed by atoms with Crippen LogP contribution in [0.4, 0.5) is 11.5 Å². The van der Waals surface area contributed by atoms with Gasteiger partial charge < -0.3 is 10.2 Å². The number of hydrogen-bond donors (Lipinski definition) is 1. The summed E-state index contributed by atoms with van der Waals surface area (Å²) in [6, 6.07) is 20.6. The molecule has 0 spiro atoms. The molecule has 2 aromatic carbocycles. The van der Waals surface area contributed by atoms with Crippen molar-refractivity contribution in [3.05, 3.63) is 71.8 Å². The summed E-state index contributed by atoms with van der Waals surface area (Å²) in [4.78, 5) is 15.1. The monoisotopic (exact) mass is 428 g/mol.